The van der Waals surface area contributed by atoms with Gasteiger partial charge in [-0.25, -0.2) is 8.78 Å². The van der Waals surface area contributed by atoms with Crippen LogP contribution in [0.25, 0.3) is 0 Å². The van der Waals surface area contributed by atoms with Gasteiger partial charge >= 0.3 is 5.97 Å². The molecule has 0 saturated heterocycles. The van der Waals surface area contributed by atoms with E-state index in [0.717, 1.165) is 6.07 Å². The number of halogens is 3. The van der Waals surface area contributed by atoms with Crippen molar-refractivity contribution in [3.8, 4) is 0 Å². The van der Waals surface area contributed by atoms with Gasteiger partial charge in [0.25, 0.3) is 6.43 Å². The zero-order chi connectivity index (χ0) is 11.4. The van der Waals surface area contributed by atoms with Crippen molar-refractivity contribution in [1.82, 2.24) is 4.98 Å². The molecule has 0 fully saturated rings. The van der Waals surface area contributed by atoms with E-state index >= 15 is 0 Å². The SMILES string of the molecule is COC(=O)Cc1cc(Cl)cc(C(F)F)n1. The molecule has 0 bridgehead atoms. The van der Waals surface area contributed by atoms with E-state index in [1.54, 1.807) is 0 Å². The summed E-state index contributed by atoms with van der Waals surface area (Å²) in [5.74, 6) is -0.551. The monoisotopic (exact) mass is 235 g/mol. The van der Waals surface area contributed by atoms with E-state index in [-0.39, 0.29) is 17.1 Å². The summed E-state index contributed by atoms with van der Waals surface area (Å²) in [4.78, 5) is 14.5. The van der Waals surface area contributed by atoms with Crippen molar-refractivity contribution in [3.05, 3.63) is 28.5 Å². The average Bonchev–Trinajstić information content (AvgIpc) is 2.16. The summed E-state index contributed by atoms with van der Waals surface area (Å²) in [6.07, 6.45) is -2.88. The van der Waals surface area contributed by atoms with Gasteiger partial charge in [-0.05, 0) is 12.1 Å². The molecular weight excluding hydrogens is 228 g/mol. The second-order valence-corrected chi connectivity index (χ2v) is 3.19. The minimum absolute atomic E-state index is 0.124. The second kappa shape index (κ2) is 5.02. The maximum absolute atomic E-state index is 12.3. The number of ether oxygens (including phenoxy) is 1. The summed E-state index contributed by atoms with van der Waals surface area (Å²) in [7, 11) is 1.21. The van der Waals surface area contributed by atoms with E-state index in [0.29, 0.717) is 0 Å². The molecule has 0 aliphatic carbocycles. The predicted octanol–water partition coefficient (Wildman–Crippen LogP) is 2.39. The lowest BCUT2D eigenvalue weighted by Crippen LogP contribution is -2.07. The Kier molecular flexibility index (Phi) is 3.96. The Balaban J connectivity index is 2.93. The highest BCUT2D eigenvalue weighted by Crippen LogP contribution is 2.21. The molecule has 1 aromatic heterocycles. The molecule has 6 heteroatoms. The normalized spacial score (nSPS) is 10.5. The van der Waals surface area contributed by atoms with E-state index in [1.165, 1.54) is 13.2 Å². The van der Waals surface area contributed by atoms with Crippen molar-refractivity contribution in [2.45, 2.75) is 12.8 Å². The molecule has 0 radical (unpaired) electrons. The van der Waals surface area contributed by atoms with Crippen LogP contribution in [-0.2, 0) is 16.0 Å². The topological polar surface area (TPSA) is 39.2 Å². The van der Waals surface area contributed by atoms with Gasteiger partial charge in [-0.2, -0.15) is 0 Å². The minimum atomic E-state index is -2.71. The number of nitrogens with zero attached hydrogens (tertiary/aromatic N) is 1. The lowest BCUT2D eigenvalue weighted by atomic mass is 10.2. The van der Waals surface area contributed by atoms with Crippen molar-refractivity contribution < 1.29 is 18.3 Å². The highest BCUT2D eigenvalue weighted by Gasteiger charge is 2.13. The number of aromatic nitrogens is 1. The molecule has 1 aromatic rings. The second-order valence-electron chi connectivity index (χ2n) is 2.76. The van der Waals surface area contributed by atoms with Gasteiger partial charge in [-0.1, -0.05) is 11.6 Å². The van der Waals surface area contributed by atoms with Crippen molar-refractivity contribution in [2.75, 3.05) is 7.11 Å². The third-order valence-corrected chi connectivity index (χ3v) is 1.86. The summed E-state index contributed by atoms with van der Waals surface area (Å²) in [6.45, 7) is 0. The first-order chi connectivity index (χ1) is 7.02. The van der Waals surface area contributed by atoms with Crippen LogP contribution in [0, 0.1) is 0 Å². The summed E-state index contributed by atoms with van der Waals surface area (Å²) in [5.41, 5.74) is -0.272. The first-order valence-corrected chi connectivity index (χ1v) is 4.42. The van der Waals surface area contributed by atoms with E-state index in [1.807, 2.05) is 0 Å². The van der Waals surface area contributed by atoms with Crippen LogP contribution in [-0.4, -0.2) is 18.1 Å². The van der Waals surface area contributed by atoms with Crippen LogP contribution < -0.4 is 0 Å². The predicted molar refractivity (Wildman–Crippen MR) is 49.9 cm³/mol. The highest BCUT2D eigenvalue weighted by molar-refractivity contribution is 6.30. The summed E-state index contributed by atoms with van der Waals surface area (Å²) < 4.78 is 29.0. The van der Waals surface area contributed by atoms with Crippen LogP contribution in [0.15, 0.2) is 12.1 Å². The molecule has 0 N–H and O–H groups in total. The van der Waals surface area contributed by atoms with Gasteiger partial charge in [0.1, 0.15) is 5.69 Å². The maximum atomic E-state index is 12.3. The molecular formula is C9H8ClF2NO2. The molecule has 1 rings (SSSR count). The molecule has 0 amide bonds. The lowest BCUT2D eigenvalue weighted by Gasteiger charge is -2.04. The Morgan fingerprint density at radius 2 is 2.27 bits per heavy atom. The zero-order valence-electron chi connectivity index (χ0n) is 7.84. The van der Waals surface area contributed by atoms with Gasteiger partial charge in [0.2, 0.25) is 0 Å². The minimum Gasteiger partial charge on any atom is -0.469 e. The Morgan fingerprint density at radius 1 is 1.60 bits per heavy atom. The fraction of sp³-hybridized carbons (Fsp3) is 0.333. The number of carbonyl (C=O) groups excluding carboxylic acids is 1. The Morgan fingerprint density at radius 3 is 2.80 bits per heavy atom. The average molecular weight is 236 g/mol. The molecule has 0 aromatic carbocycles. The summed E-state index contributed by atoms with van der Waals surface area (Å²) in [6, 6.07) is 2.41. The molecule has 1 heterocycles. The fourth-order valence-electron chi connectivity index (χ4n) is 0.995. The van der Waals surface area contributed by atoms with Crippen LogP contribution in [0.1, 0.15) is 17.8 Å². The van der Waals surface area contributed by atoms with Crippen molar-refractivity contribution in [1.29, 1.82) is 0 Å². The quantitative estimate of drug-likeness (QED) is 0.755. The van der Waals surface area contributed by atoms with E-state index in [2.05, 4.69) is 9.72 Å². The third kappa shape index (κ3) is 3.43. The zero-order valence-corrected chi connectivity index (χ0v) is 8.59. The maximum Gasteiger partial charge on any atom is 0.311 e. The van der Waals surface area contributed by atoms with Crippen molar-refractivity contribution in [2.24, 2.45) is 0 Å². The molecule has 0 saturated carbocycles. The van der Waals surface area contributed by atoms with Gasteiger partial charge in [0.15, 0.2) is 0 Å². The van der Waals surface area contributed by atoms with E-state index in [9.17, 15) is 13.6 Å². The fourth-order valence-corrected chi connectivity index (χ4v) is 1.23. The third-order valence-electron chi connectivity index (χ3n) is 1.64. The van der Waals surface area contributed by atoms with Crippen molar-refractivity contribution >= 4 is 17.6 Å². The number of carbonyl (C=O) groups is 1. The van der Waals surface area contributed by atoms with Gasteiger partial charge in [-0.3, -0.25) is 9.78 Å². The first-order valence-electron chi connectivity index (χ1n) is 4.04. The van der Waals surface area contributed by atoms with E-state index < -0.39 is 18.1 Å². The number of rotatable bonds is 3. The van der Waals surface area contributed by atoms with Gasteiger partial charge in [0.05, 0.1) is 19.2 Å². The van der Waals surface area contributed by atoms with Gasteiger partial charge < -0.3 is 4.74 Å². The molecule has 15 heavy (non-hydrogen) atoms. The standard InChI is InChI=1S/C9H8ClF2NO2/c1-15-8(14)4-6-2-5(10)3-7(13-6)9(11)12/h2-3,9H,4H2,1H3. The van der Waals surface area contributed by atoms with E-state index in [4.69, 9.17) is 11.6 Å². The number of hydrogen-bond donors (Lipinski definition) is 0. The van der Waals surface area contributed by atoms with Crippen LogP contribution >= 0.6 is 11.6 Å². The molecule has 0 spiro atoms. The largest absolute Gasteiger partial charge is 0.469 e. The molecule has 3 nitrogen and oxygen atoms in total. The van der Waals surface area contributed by atoms with Crippen LogP contribution in [0.2, 0.25) is 5.02 Å². The molecule has 0 atom stereocenters. The number of alkyl halides is 2. The number of methoxy groups -OCH3 is 1. The highest BCUT2D eigenvalue weighted by atomic mass is 35.5. The van der Waals surface area contributed by atoms with Crippen LogP contribution in [0.5, 0.6) is 0 Å². The summed E-state index contributed by atoms with van der Waals surface area (Å²) in [5, 5.41) is 0.124. The Labute approximate surface area is 90.0 Å². The van der Waals surface area contributed by atoms with Crippen LogP contribution in [0.4, 0.5) is 8.78 Å². The number of pyridine rings is 1. The number of esters is 1. The molecule has 0 unspecified atom stereocenters. The van der Waals surface area contributed by atoms with Gasteiger partial charge in [-0.15, -0.1) is 0 Å². The Bertz CT molecular complexity index is 371. The smallest absolute Gasteiger partial charge is 0.311 e. The molecule has 0 aliphatic rings. The lowest BCUT2D eigenvalue weighted by molar-refractivity contribution is -0.139. The molecule has 0 aliphatic heterocycles. The number of hydrogen-bond acceptors (Lipinski definition) is 3. The summed E-state index contributed by atoms with van der Waals surface area (Å²) >= 11 is 5.60. The van der Waals surface area contributed by atoms with Gasteiger partial charge in [0, 0.05) is 5.02 Å². The first kappa shape index (κ1) is 11.8. The molecule has 82 valence electrons. The van der Waals surface area contributed by atoms with Crippen LogP contribution in [0.3, 0.4) is 0 Å². The van der Waals surface area contributed by atoms with Crippen molar-refractivity contribution in [3.63, 3.8) is 0 Å². The Hall–Kier alpha value is -1.23.